The van der Waals surface area contributed by atoms with E-state index < -0.39 is 0 Å². The molecule has 1 aromatic heterocycles. The van der Waals surface area contributed by atoms with Gasteiger partial charge in [-0.15, -0.1) is 0 Å². The molecule has 1 aliphatic rings. The minimum atomic E-state index is 0.0410. The van der Waals surface area contributed by atoms with Crippen LogP contribution in [0.25, 0.3) is 0 Å². The number of aromatic nitrogens is 3. The summed E-state index contributed by atoms with van der Waals surface area (Å²) in [6, 6.07) is 0.310. The number of anilines is 1. The summed E-state index contributed by atoms with van der Waals surface area (Å²) >= 11 is 12.1. The van der Waals surface area contributed by atoms with Gasteiger partial charge >= 0.3 is 0 Å². The summed E-state index contributed by atoms with van der Waals surface area (Å²) in [5, 5.41) is 0.299. The molecule has 1 aromatic rings. The van der Waals surface area contributed by atoms with Crippen molar-refractivity contribution in [1.82, 2.24) is 19.9 Å². The first-order valence-corrected chi connectivity index (χ1v) is 9.41. The van der Waals surface area contributed by atoms with Gasteiger partial charge in [-0.05, 0) is 56.9 Å². The Morgan fingerprint density at radius 3 is 2.25 bits per heavy atom. The van der Waals surface area contributed by atoms with Crippen molar-refractivity contribution in [2.75, 3.05) is 25.0 Å². The van der Waals surface area contributed by atoms with Gasteiger partial charge < -0.3 is 9.80 Å². The van der Waals surface area contributed by atoms with E-state index in [2.05, 4.69) is 66.4 Å². The van der Waals surface area contributed by atoms with Crippen molar-refractivity contribution >= 4 is 29.2 Å². The van der Waals surface area contributed by atoms with Gasteiger partial charge in [0.25, 0.3) is 0 Å². The molecule has 0 aromatic carbocycles. The van der Waals surface area contributed by atoms with E-state index in [0.717, 1.165) is 32.4 Å². The molecule has 1 fully saturated rings. The molecule has 1 unspecified atom stereocenters. The van der Waals surface area contributed by atoms with Gasteiger partial charge in [0.05, 0.1) is 0 Å². The molecule has 7 heteroatoms. The van der Waals surface area contributed by atoms with Crippen LogP contribution in [0.3, 0.4) is 0 Å². The van der Waals surface area contributed by atoms with Crippen molar-refractivity contribution < 1.29 is 0 Å². The Bertz CT molecular complexity index is 556. The summed E-state index contributed by atoms with van der Waals surface area (Å²) < 4.78 is 0. The minimum absolute atomic E-state index is 0.0410. The molecule has 1 saturated heterocycles. The molecule has 0 radical (unpaired) electrons. The van der Waals surface area contributed by atoms with Gasteiger partial charge in [0.15, 0.2) is 0 Å². The van der Waals surface area contributed by atoms with E-state index >= 15 is 0 Å². The fourth-order valence-electron chi connectivity index (χ4n) is 3.57. The number of piperidine rings is 1. The number of hydrogen-bond donors (Lipinski definition) is 0. The van der Waals surface area contributed by atoms with E-state index in [1.165, 1.54) is 0 Å². The number of rotatable bonds is 5. The molecule has 0 amide bonds. The average molecular weight is 374 g/mol. The van der Waals surface area contributed by atoms with E-state index in [1.807, 2.05) is 0 Å². The summed E-state index contributed by atoms with van der Waals surface area (Å²) in [5.41, 5.74) is 0.0975. The highest BCUT2D eigenvalue weighted by Gasteiger charge is 2.51. The number of likely N-dealkylation sites (tertiary alicyclic amines) is 1. The molecule has 0 N–H and O–H groups in total. The first-order valence-electron chi connectivity index (χ1n) is 8.66. The van der Waals surface area contributed by atoms with Crippen molar-refractivity contribution in [2.45, 2.75) is 65.5 Å². The topological polar surface area (TPSA) is 45.2 Å². The largest absolute Gasteiger partial charge is 0.337 e. The van der Waals surface area contributed by atoms with Gasteiger partial charge in [-0.25, -0.2) is 0 Å². The molecule has 0 spiro atoms. The first kappa shape index (κ1) is 19.7. The Morgan fingerprint density at radius 2 is 1.71 bits per heavy atom. The summed E-state index contributed by atoms with van der Waals surface area (Å²) in [6.07, 6.45) is 3.24. The van der Waals surface area contributed by atoms with E-state index in [9.17, 15) is 0 Å². The zero-order valence-corrected chi connectivity index (χ0v) is 17.1. The monoisotopic (exact) mass is 373 g/mol. The second-order valence-corrected chi connectivity index (χ2v) is 8.40. The molecule has 0 saturated carbocycles. The quantitative estimate of drug-likeness (QED) is 0.769. The van der Waals surface area contributed by atoms with Crippen LogP contribution in [0.2, 0.25) is 10.6 Å². The highest BCUT2D eigenvalue weighted by atomic mass is 35.5. The van der Waals surface area contributed by atoms with E-state index in [0.29, 0.717) is 12.0 Å². The van der Waals surface area contributed by atoms with E-state index in [4.69, 9.17) is 23.2 Å². The molecule has 5 nitrogen and oxygen atoms in total. The fourth-order valence-corrected chi connectivity index (χ4v) is 3.92. The Kier molecular flexibility index (Phi) is 5.99. The molecule has 136 valence electrons. The van der Waals surface area contributed by atoms with Gasteiger partial charge in [0.1, 0.15) is 0 Å². The van der Waals surface area contributed by atoms with Crippen LogP contribution in [-0.4, -0.2) is 51.6 Å². The first-order chi connectivity index (χ1) is 11.1. The summed E-state index contributed by atoms with van der Waals surface area (Å²) in [7, 11) is 2.20. The van der Waals surface area contributed by atoms with Crippen molar-refractivity contribution in [2.24, 2.45) is 5.41 Å². The molecular weight excluding hydrogens is 345 g/mol. The Hall–Kier alpha value is -0.650. The Morgan fingerprint density at radius 1 is 1.12 bits per heavy atom. The van der Waals surface area contributed by atoms with Crippen LogP contribution >= 0.6 is 23.2 Å². The lowest BCUT2D eigenvalue weighted by molar-refractivity contribution is -0.0302. The minimum Gasteiger partial charge on any atom is -0.337 e. The van der Waals surface area contributed by atoms with Crippen molar-refractivity contribution in [3.63, 3.8) is 0 Å². The molecule has 0 aliphatic carbocycles. The Balaban J connectivity index is 2.43. The van der Waals surface area contributed by atoms with Gasteiger partial charge in [-0.2, -0.15) is 15.0 Å². The van der Waals surface area contributed by atoms with Crippen LogP contribution in [-0.2, 0) is 0 Å². The van der Waals surface area contributed by atoms with Gasteiger partial charge in [-0.1, -0.05) is 27.2 Å². The zero-order valence-electron chi connectivity index (χ0n) is 15.6. The second-order valence-electron chi connectivity index (χ2n) is 7.73. The third-order valence-corrected chi connectivity index (χ3v) is 6.39. The third kappa shape index (κ3) is 3.63. The van der Waals surface area contributed by atoms with Crippen LogP contribution in [0, 0.1) is 5.41 Å². The lowest BCUT2D eigenvalue weighted by atomic mass is 9.64. The predicted molar refractivity (Wildman–Crippen MR) is 101 cm³/mol. The van der Waals surface area contributed by atoms with Crippen molar-refractivity contribution in [1.29, 1.82) is 0 Å². The van der Waals surface area contributed by atoms with Crippen LogP contribution in [0.4, 0.5) is 5.95 Å². The second kappa shape index (κ2) is 7.30. The summed E-state index contributed by atoms with van der Waals surface area (Å²) in [5.74, 6) is 0.590. The average Bonchev–Trinajstić information content (AvgIpc) is 2.47. The third-order valence-electron chi connectivity index (χ3n) is 6.06. The predicted octanol–water partition coefficient (Wildman–Crippen LogP) is 4.29. The van der Waals surface area contributed by atoms with Gasteiger partial charge in [0, 0.05) is 30.1 Å². The maximum Gasteiger partial charge on any atom is 0.231 e. The molecule has 0 bridgehead atoms. The highest BCUT2D eigenvalue weighted by molar-refractivity contribution is 6.31. The van der Waals surface area contributed by atoms with Crippen LogP contribution in [0.1, 0.15) is 53.9 Å². The summed E-state index contributed by atoms with van der Waals surface area (Å²) in [4.78, 5) is 17.4. The maximum atomic E-state index is 6.04. The molecule has 2 heterocycles. The lowest BCUT2D eigenvalue weighted by Gasteiger charge is -2.58. The molecule has 1 aliphatic heterocycles. The van der Waals surface area contributed by atoms with E-state index in [1.54, 1.807) is 0 Å². The molecule has 1 atom stereocenters. The van der Waals surface area contributed by atoms with Crippen molar-refractivity contribution in [3.05, 3.63) is 10.6 Å². The van der Waals surface area contributed by atoms with Crippen LogP contribution in [0.15, 0.2) is 0 Å². The highest BCUT2D eigenvalue weighted by Crippen LogP contribution is 2.45. The molecule has 24 heavy (non-hydrogen) atoms. The van der Waals surface area contributed by atoms with Crippen molar-refractivity contribution in [3.8, 4) is 0 Å². The number of nitrogens with zero attached hydrogens (tertiary/aromatic N) is 5. The molecular formula is C17H29Cl2N5. The van der Waals surface area contributed by atoms with Gasteiger partial charge in [-0.3, -0.25) is 0 Å². The smallest absolute Gasteiger partial charge is 0.231 e. The van der Waals surface area contributed by atoms with Gasteiger partial charge in [0.2, 0.25) is 16.5 Å². The number of unbranched alkanes of at least 4 members (excludes halogenated alkanes) is 1. The number of halogens is 2. The van der Waals surface area contributed by atoms with E-state index in [-0.39, 0.29) is 21.5 Å². The standard InChI is InChI=1S/C17H29Cl2N5/c1-7-8-10-24(15-21-13(18)20-14(19)22-15)12-9-11-23(6)17(4,5)16(12,2)3/h12H,7-11H2,1-6H3. The zero-order chi connectivity index (χ0) is 18.1. The summed E-state index contributed by atoms with van der Waals surface area (Å²) in [6.45, 7) is 13.4. The van der Waals surface area contributed by atoms with Crippen LogP contribution in [0.5, 0.6) is 0 Å². The number of hydrogen-bond acceptors (Lipinski definition) is 5. The normalized spacial score (nSPS) is 23.2. The Labute approximate surface area is 155 Å². The fraction of sp³-hybridized carbons (Fsp3) is 0.824. The van der Waals surface area contributed by atoms with Crippen LogP contribution < -0.4 is 4.90 Å². The SMILES string of the molecule is CCCCN(c1nc(Cl)nc(Cl)n1)C1CCN(C)C(C)(C)C1(C)C. The lowest BCUT2D eigenvalue weighted by Crippen LogP contribution is -2.66. The maximum absolute atomic E-state index is 6.04. The molecule has 2 rings (SSSR count).